The lowest BCUT2D eigenvalue weighted by atomic mass is 9.50. The maximum atomic E-state index is 12.2. The highest BCUT2D eigenvalue weighted by atomic mass is 16.5. The highest BCUT2D eigenvalue weighted by Gasteiger charge is 2.60. The molecule has 0 spiro atoms. The standard InChI is InChI=1S/C14H18O4/c1-6(2)18-14(17)11-9-4-7-3-8(13(9)16)5-10(11)12(7)15/h6-11H,3-5H2,1-2H3. The van der Waals surface area contributed by atoms with Crippen molar-refractivity contribution in [3.8, 4) is 0 Å². The first-order valence-electron chi connectivity index (χ1n) is 6.77. The molecule has 4 aliphatic rings. The third-order valence-electron chi connectivity index (χ3n) is 4.67. The van der Waals surface area contributed by atoms with E-state index in [1.165, 1.54) is 0 Å². The number of rotatable bonds is 2. The van der Waals surface area contributed by atoms with Gasteiger partial charge in [-0.2, -0.15) is 0 Å². The third-order valence-corrected chi connectivity index (χ3v) is 4.67. The molecule has 98 valence electrons. The monoisotopic (exact) mass is 250 g/mol. The molecule has 4 unspecified atom stereocenters. The van der Waals surface area contributed by atoms with Crippen molar-refractivity contribution in [1.82, 2.24) is 0 Å². The van der Waals surface area contributed by atoms with Crippen molar-refractivity contribution in [2.24, 2.45) is 29.6 Å². The second-order valence-corrected chi connectivity index (χ2v) is 6.13. The Kier molecular flexibility index (Phi) is 2.57. The molecule has 0 aromatic carbocycles. The maximum Gasteiger partial charge on any atom is 0.310 e. The van der Waals surface area contributed by atoms with Gasteiger partial charge in [-0.15, -0.1) is 0 Å². The second kappa shape index (κ2) is 3.90. The van der Waals surface area contributed by atoms with Crippen LogP contribution < -0.4 is 0 Å². The fraction of sp³-hybridized carbons (Fsp3) is 0.786. The van der Waals surface area contributed by atoms with E-state index in [0.717, 1.165) is 6.42 Å². The molecule has 0 N–H and O–H groups in total. The highest BCUT2D eigenvalue weighted by Crippen LogP contribution is 2.53. The Balaban J connectivity index is 1.88. The van der Waals surface area contributed by atoms with Crippen molar-refractivity contribution >= 4 is 17.5 Å². The van der Waals surface area contributed by atoms with Crippen LogP contribution in [0.25, 0.3) is 0 Å². The Bertz CT molecular complexity index is 398. The molecule has 4 aliphatic carbocycles. The van der Waals surface area contributed by atoms with E-state index < -0.39 is 5.92 Å². The summed E-state index contributed by atoms with van der Waals surface area (Å²) in [7, 11) is 0. The van der Waals surface area contributed by atoms with Gasteiger partial charge in [-0.25, -0.2) is 0 Å². The van der Waals surface area contributed by atoms with E-state index >= 15 is 0 Å². The van der Waals surface area contributed by atoms with Crippen LogP contribution in [0, 0.1) is 29.6 Å². The number of esters is 1. The van der Waals surface area contributed by atoms with Gasteiger partial charge in [0.2, 0.25) is 0 Å². The normalized spacial score (nSPS) is 41.6. The molecule has 0 aromatic rings. The van der Waals surface area contributed by atoms with Crippen molar-refractivity contribution in [3.63, 3.8) is 0 Å². The van der Waals surface area contributed by atoms with Crippen molar-refractivity contribution in [2.45, 2.75) is 39.2 Å². The molecule has 18 heavy (non-hydrogen) atoms. The number of hydrogen-bond donors (Lipinski definition) is 0. The highest BCUT2D eigenvalue weighted by molar-refractivity contribution is 6.00. The van der Waals surface area contributed by atoms with Crippen LogP contribution in [0.5, 0.6) is 0 Å². The van der Waals surface area contributed by atoms with E-state index in [0.29, 0.717) is 12.8 Å². The molecule has 4 fully saturated rings. The van der Waals surface area contributed by atoms with Crippen LogP contribution >= 0.6 is 0 Å². The van der Waals surface area contributed by atoms with Gasteiger partial charge < -0.3 is 4.74 Å². The van der Waals surface area contributed by atoms with E-state index in [1.807, 2.05) is 0 Å². The van der Waals surface area contributed by atoms with Gasteiger partial charge in [0.05, 0.1) is 12.0 Å². The first-order chi connectivity index (χ1) is 8.49. The largest absolute Gasteiger partial charge is 0.463 e. The smallest absolute Gasteiger partial charge is 0.310 e. The number of carbonyl (C=O) groups excluding carboxylic acids is 3. The SMILES string of the molecule is CC(C)OC(=O)C1C2CC3CC(CC1C3=O)C2=O. The zero-order valence-corrected chi connectivity index (χ0v) is 10.7. The summed E-state index contributed by atoms with van der Waals surface area (Å²) in [5.41, 5.74) is 0. The molecular weight excluding hydrogens is 232 g/mol. The average Bonchev–Trinajstić information content (AvgIpc) is 2.26. The Labute approximate surface area is 106 Å². The zero-order chi connectivity index (χ0) is 13.0. The molecule has 4 rings (SSSR count). The Morgan fingerprint density at radius 1 is 1.06 bits per heavy atom. The zero-order valence-electron chi connectivity index (χ0n) is 10.7. The molecule has 4 nitrogen and oxygen atoms in total. The van der Waals surface area contributed by atoms with Crippen LogP contribution in [0.2, 0.25) is 0 Å². The molecule has 4 bridgehead atoms. The quantitative estimate of drug-likeness (QED) is 0.694. The summed E-state index contributed by atoms with van der Waals surface area (Å²) < 4.78 is 5.23. The molecule has 0 aliphatic heterocycles. The fourth-order valence-electron chi connectivity index (χ4n) is 4.02. The molecule has 0 saturated heterocycles. The Morgan fingerprint density at radius 2 is 1.56 bits per heavy atom. The number of ether oxygens (including phenoxy) is 1. The molecule has 0 radical (unpaired) electrons. The lowest BCUT2D eigenvalue weighted by Gasteiger charge is -2.50. The summed E-state index contributed by atoms with van der Waals surface area (Å²) >= 11 is 0. The minimum Gasteiger partial charge on any atom is -0.463 e. The van der Waals surface area contributed by atoms with Crippen LogP contribution in [-0.4, -0.2) is 23.6 Å². The number of ketones is 2. The van der Waals surface area contributed by atoms with Crippen molar-refractivity contribution in [3.05, 3.63) is 0 Å². The topological polar surface area (TPSA) is 60.4 Å². The van der Waals surface area contributed by atoms with Gasteiger partial charge in [-0.3, -0.25) is 14.4 Å². The first-order valence-corrected chi connectivity index (χ1v) is 6.77. The van der Waals surface area contributed by atoms with Gasteiger partial charge in [0.25, 0.3) is 0 Å². The minimum absolute atomic E-state index is 0.0274. The van der Waals surface area contributed by atoms with Gasteiger partial charge >= 0.3 is 5.97 Å². The first kappa shape index (κ1) is 11.9. The van der Waals surface area contributed by atoms with Crippen LogP contribution in [-0.2, 0) is 19.1 Å². The maximum absolute atomic E-state index is 12.2. The summed E-state index contributed by atoms with van der Waals surface area (Å²) in [6.45, 7) is 3.58. The van der Waals surface area contributed by atoms with Gasteiger partial charge in [-0.1, -0.05) is 0 Å². The van der Waals surface area contributed by atoms with E-state index in [2.05, 4.69) is 0 Å². The summed E-state index contributed by atoms with van der Waals surface area (Å²) in [6, 6.07) is 0. The van der Waals surface area contributed by atoms with E-state index in [1.54, 1.807) is 13.8 Å². The molecule has 0 heterocycles. The predicted molar refractivity (Wildman–Crippen MR) is 62.5 cm³/mol. The molecular formula is C14H18O4. The summed E-state index contributed by atoms with van der Waals surface area (Å²) in [5.74, 6) is -0.908. The fourth-order valence-corrected chi connectivity index (χ4v) is 4.02. The lowest BCUT2D eigenvalue weighted by molar-refractivity contribution is -0.175. The van der Waals surface area contributed by atoms with Gasteiger partial charge in [-0.05, 0) is 33.1 Å². The predicted octanol–water partition coefficient (Wildman–Crippen LogP) is 1.37. The number of Topliss-reactive ketones (excluding diaryl/α,β-unsaturated/α-hetero) is 2. The molecule has 4 saturated carbocycles. The van der Waals surface area contributed by atoms with Crippen molar-refractivity contribution in [2.75, 3.05) is 0 Å². The molecule has 4 heteroatoms. The molecule has 0 amide bonds. The average molecular weight is 250 g/mol. The van der Waals surface area contributed by atoms with E-state index in [4.69, 9.17) is 4.74 Å². The Hall–Kier alpha value is -1.19. The number of carbonyl (C=O) groups is 3. The van der Waals surface area contributed by atoms with Crippen LogP contribution in [0.4, 0.5) is 0 Å². The van der Waals surface area contributed by atoms with Crippen LogP contribution in [0.15, 0.2) is 0 Å². The minimum atomic E-state index is -0.500. The van der Waals surface area contributed by atoms with Crippen molar-refractivity contribution in [1.29, 1.82) is 0 Å². The number of hydrogen-bond acceptors (Lipinski definition) is 4. The van der Waals surface area contributed by atoms with E-state index in [9.17, 15) is 14.4 Å². The van der Waals surface area contributed by atoms with Crippen molar-refractivity contribution < 1.29 is 19.1 Å². The molecule has 0 aromatic heterocycles. The summed E-state index contributed by atoms with van der Waals surface area (Å²) in [4.78, 5) is 36.4. The lowest BCUT2D eigenvalue weighted by Crippen LogP contribution is -2.58. The van der Waals surface area contributed by atoms with Crippen LogP contribution in [0.1, 0.15) is 33.1 Å². The van der Waals surface area contributed by atoms with Crippen LogP contribution in [0.3, 0.4) is 0 Å². The summed E-state index contributed by atoms with van der Waals surface area (Å²) in [5, 5.41) is 0. The van der Waals surface area contributed by atoms with Gasteiger partial charge in [0.1, 0.15) is 11.6 Å². The third kappa shape index (κ3) is 1.54. The van der Waals surface area contributed by atoms with Gasteiger partial charge in [0, 0.05) is 23.7 Å². The van der Waals surface area contributed by atoms with E-state index in [-0.39, 0.29) is 47.3 Å². The second-order valence-electron chi connectivity index (χ2n) is 6.13. The Morgan fingerprint density at radius 3 is 2.00 bits per heavy atom. The summed E-state index contributed by atoms with van der Waals surface area (Å²) in [6.07, 6.45) is 1.67. The molecule has 4 atom stereocenters. The van der Waals surface area contributed by atoms with Gasteiger partial charge in [0.15, 0.2) is 0 Å².